The van der Waals surface area contributed by atoms with Crippen molar-refractivity contribution in [2.24, 2.45) is 0 Å². The Balaban J connectivity index is 0.000000791. The number of nitrogens with zero attached hydrogens (tertiary/aromatic N) is 3. The third-order valence-corrected chi connectivity index (χ3v) is 1.44. The van der Waals surface area contributed by atoms with Gasteiger partial charge in [0.1, 0.15) is 6.20 Å². The van der Waals surface area contributed by atoms with E-state index in [0.717, 1.165) is 0 Å². The van der Waals surface area contributed by atoms with E-state index in [1.54, 1.807) is 4.57 Å². The van der Waals surface area contributed by atoms with Crippen LogP contribution in [0.2, 0.25) is 0 Å². The van der Waals surface area contributed by atoms with Gasteiger partial charge in [0, 0.05) is 11.5 Å². The molecule has 0 unspecified atom stereocenters. The molecule has 0 spiro atoms. The number of methoxy groups -OCH3 is 1. The summed E-state index contributed by atoms with van der Waals surface area (Å²) in [5.41, 5.74) is 0. The molecule has 0 atom stereocenters. The summed E-state index contributed by atoms with van der Waals surface area (Å²) in [4.78, 5) is 13.4. The van der Waals surface area contributed by atoms with E-state index >= 15 is 0 Å². The average molecular weight is 201 g/mol. The molecule has 0 aliphatic heterocycles. The molecular weight excluding hydrogens is 186 g/mol. The van der Waals surface area contributed by atoms with E-state index in [2.05, 4.69) is 4.98 Å². The highest BCUT2D eigenvalue weighted by atomic mass is 16.6. The molecular formula is C8H15N3O3. The highest BCUT2D eigenvalue weighted by Gasteiger charge is 2.17. The molecule has 0 fully saturated rings. The monoisotopic (exact) mass is 201 g/mol. The molecule has 14 heavy (non-hydrogen) atoms. The Kier molecular flexibility index (Phi) is 5.28. The number of hydrogen-bond donors (Lipinski definition) is 0. The van der Waals surface area contributed by atoms with E-state index in [1.807, 2.05) is 20.8 Å². The highest BCUT2D eigenvalue weighted by Crippen LogP contribution is 2.16. The predicted molar refractivity (Wildman–Crippen MR) is 52.5 cm³/mol. The van der Waals surface area contributed by atoms with Gasteiger partial charge in [-0.15, -0.1) is 0 Å². The number of aromatic nitrogens is 2. The van der Waals surface area contributed by atoms with Gasteiger partial charge >= 0.3 is 11.8 Å². The molecule has 0 saturated carbocycles. The number of ether oxygens (including phenoxy) is 1. The molecule has 0 aliphatic carbocycles. The maximum Gasteiger partial charge on any atom is 0.413 e. The normalized spacial score (nSPS) is 8.86. The maximum atomic E-state index is 10.3. The first kappa shape index (κ1) is 12.4. The zero-order chi connectivity index (χ0) is 11.1. The second-order valence-corrected chi connectivity index (χ2v) is 2.13. The molecule has 0 amide bonds. The molecule has 6 heteroatoms. The lowest BCUT2D eigenvalue weighted by Gasteiger charge is -1.94. The Morgan fingerprint density at radius 1 is 1.64 bits per heavy atom. The summed E-state index contributed by atoms with van der Waals surface area (Å²) in [6.45, 7) is 6.46. The Bertz CT molecular complexity index is 275. The fourth-order valence-electron chi connectivity index (χ4n) is 0.863. The number of nitro groups is 1. The SMILES string of the molecule is CC.CCn1cc([N+](=O)[O-])nc1OC. The Morgan fingerprint density at radius 3 is 2.50 bits per heavy atom. The molecule has 0 aromatic carbocycles. The zero-order valence-electron chi connectivity index (χ0n) is 8.85. The van der Waals surface area contributed by atoms with Crippen LogP contribution in [0.4, 0.5) is 5.82 Å². The first-order valence-corrected chi connectivity index (χ1v) is 4.44. The molecule has 6 nitrogen and oxygen atoms in total. The molecule has 0 radical (unpaired) electrons. The highest BCUT2D eigenvalue weighted by molar-refractivity contribution is 5.20. The van der Waals surface area contributed by atoms with Gasteiger partial charge in [-0.25, -0.2) is 0 Å². The number of imidazole rings is 1. The van der Waals surface area contributed by atoms with Gasteiger partial charge in [0.05, 0.1) is 7.11 Å². The van der Waals surface area contributed by atoms with Crippen LogP contribution in [0.15, 0.2) is 6.20 Å². The molecule has 0 bridgehead atoms. The quantitative estimate of drug-likeness (QED) is 0.552. The average Bonchev–Trinajstić information content (AvgIpc) is 2.63. The largest absolute Gasteiger partial charge is 0.449 e. The second-order valence-electron chi connectivity index (χ2n) is 2.13. The number of aryl methyl sites for hydroxylation is 1. The van der Waals surface area contributed by atoms with E-state index in [9.17, 15) is 10.1 Å². The minimum absolute atomic E-state index is 0.186. The van der Waals surface area contributed by atoms with Crippen molar-refractivity contribution in [1.29, 1.82) is 0 Å². The van der Waals surface area contributed by atoms with Crippen molar-refractivity contribution in [3.8, 4) is 6.01 Å². The lowest BCUT2D eigenvalue weighted by atomic mass is 10.7. The summed E-state index contributed by atoms with van der Waals surface area (Å²) < 4.78 is 6.38. The van der Waals surface area contributed by atoms with Crippen LogP contribution in [0.25, 0.3) is 0 Å². The van der Waals surface area contributed by atoms with Crippen molar-refractivity contribution in [3.63, 3.8) is 0 Å². The fraction of sp³-hybridized carbons (Fsp3) is 0.625. The fourth-order valence-corrected chi connectivity index (χ4v) is 0.863. The van der Waals surface area contributed by atoms with Crippen molar-refractivity contribution >= 4 is 5.82 Å². The van der Waals surface area contributed by atoms with Gasteiger partial charge in [0.15, 0.2) is 0 Å². The summed E-state index contributed by atoms with van der Waals surface area (Å²) in [5.74, 6) is -0.186. The summed E-state index contributed by atoms with van der Waals surface area (Å²) in [6, 6.07) is 0.268. The van der Waals surface area contributed by atoms with Crippen LogP contribution in [0.1, 0.15) is 20.8 Å². The van der Waals surface area contributed by atoms with Crippen LogP contribution in [0, 0.1) is 10.1 Å². The van der Waals surface area contributed by atoms with Gasteiger partial charge in [0.2, 0.25) is 0 Å². The summed E-state index contributed by atoms with van der Waals surface area (Å²) in [6.07, 6.45) is 1.35. The van der Waals surface area contributed by atoms with Gasteiger partial charge in [0.25, 0.3) is 0 Å². The summed E-state index contributed by atoms with van der Waals surface area (Å²) in [7, 11) is 1.43. The molecule has 1 rings (SSSR count). The van der Waals surface area contributed by atoms with Crippen molar-refractivity contribution in [2.45, 2.75) is 27.3 Å². The van der Waals surface area contributed by atoms with Gasteiger partial charge in [-0.2, -0.15) is 0 Å². The number of hydrogen-bond acceptors (Lipinski definition) is 4. The molecule has 1 aromatic heterocycles. The third-order valence-electron chi connectivity index (χ3n) is 1.44. The summed E-state index contributed by atoms with van der Waals surface area (Å²) >= 11 is 0. The minimum atomic E-state index is -0.547. The van der Waals surface area contributed by atoms with Crippen LogP contribution in [-0.2, 0) is 6.54 Å². The first-order valence-electron chi connectivity index (χ1n) is 4.44. The molecule has 0 aliphatic rings. The standard InChI is InChI=1S/C6H9N3O3.C2H6/c1-3-8-4-5(9(10)11)7-6(8)12-2;1-2/h4H,3H2,1-2H3;1-2H3. The van der Waals surface area contributed by atoms with E-state index < -0.39 is 4.92 Å². The van der Waals surface area contributed by atoms with E-state index in [4.69, 9.17) is 4.74 Å². The van der Waals surface area contributed by atoms with Gasteiger partial charge in [-0.05, 0) is 11.8 Å². The lowest BCUT2D eigenvalue weighted by Crippen LogP contribution is -1.96. The summed E-state index contributed by atoms with van der Waals surface area (Å²) in [5, 5.41) is 10.3. The smallest absolute Gasteiger partial charge is 0.413 e. The molecule has 0 saturated heterocycles. The Labute approximate surface area is 82.7 Å². The lowest BCUT2D eigenvalue weighted by molar-refractivity contribution is -0.389. The van der Waals surface area contributed by atoms with Gasteiger partial charge in [-0.1, -0.05) is 13.8 Å². The zero-order valence-corrected chi connectivity index (χ0v) is 8.85. The van der Waals surface area contributed by atoms with E-state index in [-0.39, 0.29) is 11.8 Å². The van der Waals surface area contributed by atoms with Crippen LogP contribution in [0.3, 0.4) is 0 Å². The van der Waals surface area contributed by atoms with Crippen molar-refractivity contribution in [3.05, 3.63) is 16.3 Å². The van der Waals surface area contributed by atoms with Gasteiger partial charge < -0.3 is 14.9 Å². The minimum Gasteiger partial charge on any atom is -0.449 e. The van der Waals surface area contributed by atoms with Crippen molar-refractivity contribution in [2.75, 3.05) is 7.11 Å². The van der Waals surface area contributed by atoms with Crippen molar-refractivity contribution < 1.29 is 9.66 Å². The maximum absolute atomic E-state index is 10.3. The van der Waals surface area contributed by atoms with Crippen LogP contribution in [0.5, 0.6) is 6.01 Å². The Hall–Kier alpha value is -1.59. The molecule has 0 N–H and O–H groups in total. The van der Waals surface area contributed by atoms with Crippen molar-refractivity contribution in [1.82, 2.24) is 9.55 Å². The molecule has 1 aromatic rings. The molecule has 80 valence electrons. The first-order chi connectivity index (χ1) is 6.69. The van der Waals surface area contributed by atoms with Crippen LogP contribution < -0.4 is 4.74 Å². The number of rotatable bonds is 3. The van der Waals surface area contributed by atoms with Crippen LogP contribution in [-0.4, -0.2) is 21.6 Å². The predicted octanol–water partition coefficient (Wildman–Crippen LogP) is 1.85. The van der Waals surface area contributed by atoms with E-state index in [0.29, 0.717) is 6.54 Å². The van der Waals surface area contributed by atoms with Crippen LogP contribution >= 0.6 is 0 Å². The molecule has 1 heterocycles. The Morgan fingerprint density at radius 2 is 2.21 bits per heavy atom. The van der Waals surface area contributed by atoms with Gasteiger partial charge in [-0.3, -0.25) is 4.57 Å². The topological polar surface area (TPSA) is 70.2 Å². The second kappa shape index (κ2) is 5.95. The third kappa shape index (κ3) is 2.72. The van der Waals surface area contributed by atoms with E-state index in [1.165, 1.54) is 13.3 Å².